The predicted molar refractivity (Wildman–Crippen MR) is 75.0 cm³/mol. The van der Waals surface area contributed by atoms with E-state index in [-0.39, 0.29) is 5.41 Å². The van der Waals surface area contributed by atoms with Crippen LogP contribution >= 0.6 is 0 Å². The lowest BCUT2D eigenvalue weighted by Gasteiger charge is -2.31. The van der Waals surface area contributed by atoms with Crippen molar-refractivity contribution in [2.24, 2.45) is 22.7 Å². The van der Waals surface area contributed by atoms with E-state index < -0.39 is 23.3 Å². The van der Waals surface area contributed by atoms with Gasteiger partial charge in [0.2, 0.25) is 0 Å². The Bertz CT molecular complexity index is 312. The van der Waals surface area contributed by atoms with Crippen LogP contribution in [-0.2, 0) is 9.59 Å². The van der Waals surface area contributed by atoms with Crippen molar-refractivity contribution in [1.82, 2.24) is 0 Å². The Morgan fingerprint density at radius 2 is 1.42 bits per heavy atom. The summed E-state index contributed by atoms with van der Waals surface area (Å²) in [5.41, 5.74) is -0.494. The maximum absolute atomic E-state index is 11.1. The minimum Gasteiger partial charge on any atom is -0.481 e. The van der Waals surface area contributed by atoms with Crippen LogP contribution in [0.25, 0.3) is 0 Å². The van der Waals surface area contributed by atoms with Crippen LogP contribution in [0, 0.1) is 22.7 Å². The maximum atomic E-state index is 11.1. The first kappa shape index (κ1) is 17.9. The molecule has 0 radical (unpaired) electrons. The summed E-state index contributed by atoms with van der Waals surface area (Å²) >= 11 is 0. The van der Waals surface area contributed by atoms with Gasteiger partial charge < -0.3 is 10.2 Å². The number of hydrogen-bond donors (Lipinski definition) is 2. The Morgan fingerprint density at radius 1 is 1.00 bits per heavy atom. The minimum atomic E-state index is -1.34. The van der Waals surface area contributed by atoms with Crippen molar-refractivity contribution >= 4 is 11.9 Å². The third-order valence-electron chi connectivity index (χ3n) is 3.52. The molecule has 2 N–H and O–H groups in total. The van der Waals surface area contributed by atoms with Gasteiger partial charge in [-0.25, -0.2) is 0 Å². The molecule has 0 aromatic heterocycles. The molecule has 0 aliphatic carbocycles. The van der Waals surface area contributed by atoms with Crippen LogP contribution in [0.15, 0.2) is 0 Å². The lowest BCUT2D eigenvalue weighted by molar-refractivity contribution is -0.160. The number of hydrogen-bond acceptors (Lipinski definition) is 2. The highest BCUT2D eigenvalue weighted by atomic mass is 16.4. The van der Waals surface area contributed by atoms with Crippen LogP contribution in [0.1, 0.15) is 60.8 Å². The smallest absolute Gasteiger partial charge is 0.318 e. The summed E-state index contributed by atoms with van der Waals surface area (Å²) in [6.45, 7) is 12.1. The Labute approximate surface area is 116 Å². The van der Waals surface area contributed by atoms with Gasteiger partial charge in [-0.3, -0.25) is 9.59 Å². The van der Waals surface area contributed by atoms with Crippen molar-refractivity contribution in [3.8, 4) is 0 Å². The first-order valence-corrected chi connectivity index (χ1v) is 6.82. The van der Waals surface area contributed by atoms with E-state index in [0.717, 1.165) is 12.8 Å². The normalized spacial score (nSPS) is 14.5. The zero-order valence-corrected chi connectivity index (χ0v) is 13.0. The molecule has 0 spiro atoms. The van der Waals surface area contributed by atoms with Crippen molar-refractivity contribution in [1.29, 1.82) is 0 Å². The van der Waals surface area contributed by atoms with Gasteiger partial charge in [0, 0.05) is 0 Å². The van der Waals surface area contributed by atoms with Crippen molar-refractivity contribution in [3.05, 3.63) is 0 Å². The van der Waals surface area contributed by atoms with E-state index >= 15 is 0 Å². The Morgan fingerprint density at radius 3 is 1.74 bits per heavy atom. The van der Waals surface area contributed by atoms with Gasteiger partial charge in [-0.1, -0.05) is 48.0 Å². The topological polar surface area (TPSA) is 74.6 Å². The summed E-state index contributed by atoms with van der Waals surface area (Å²) in [7, 11) is 0. The summed E-state index contributed by atoms with van der Waals surface area (Å²) in [5, 5.41) is 18.1. The third kappa shape index (κ3) is 6.60. The molecule has 0 heterocycles. The molecule has 0 amide bonds. The molecule has 0 bridgehead atoms. The van der Waals surface area contributed by atoms with E-state index in [0.29, 0.717) is 12.3 Å². The second-order valence-electron chi connectivity index (χ2n) is 7.51. The second-order valence-corrected chi connectivity index (χ2v) is 7.51. The fourth-order valence-electron chi connectivity index (χ4n) is 2.68. The average Bonchev–Trinajstić information content (AvgIpc) is 2.09. The van der Waals surface area contributed by atoms with E-state index in [2.05, 4.69) is 27.7 Å². The lowest BCUT2D eigenvalue weighted by Crippen LogP contribution is -2.37. The Kier molecular flexibility index (Phi) is 6.04. The largest absolute Gasteiger partial charge is 0.481 e. The molecule has 4 nitrogen and oxygen atoms in total. The number of carboxylic acids is 2. The summed E-state index contributed by atoms with van der Waals surface area (Å²) in [6.07, 6.45) is 2.50. The number of carbonyl (C=O) groups is 2. The first-order chi connectivity index (χ1) is 8.37. The molecule has 1 unspecified atom stereocenters. The van der Waals surface area contributed by atoms with Crippen molar-refractivity contribution in [2.45, 2.75) is 60.8 Å². The second kappa shape index (κ2) is 6.40. The summed E-state index contributed by atoms with van der Waals surface area (Å²) < 4.78 is 0. The van der Waals surface area contributed by atoms with Gasteiger partial charge in [0.15, 0.2) is 5.92 Å². The molecule has 0 aromatic carbocycles. The summed E-state index contributed by atoms with van der Waals surface area (Å²) in [6, 6.07) is 0. The molecular formula is C15H28O4. The fraction of sp³-hybridized carbons (Fsp3) is 0.867. The molecule has 4 heteroatoms. The zero-order chi connectivity index (χ0) is 15.4. The number of rotatable bonds is 7. The van der Waals surface area contributed by atoms with Gasteiger partial charge in [0.05, 0.1) is 0 Å². The van der Waals surface area contributed by atoms with Crippen LogP contribution in [0.2, 0.25) is 0 Å². The monoisotopic (exact) mass is 272 g/mol. The van der Waals surface area contributed by atoms with Crippen LogP contribution in [-0.4, -0.2) is 22.2 Å². The molecule has 0 aliphatic heterocycles. The highest BCUT2D eigenvalue weighted by molar-refractivity contribution is 5.93. The Hall–Kier alpha value is -1.06. The third-order valence-corrected chi connectivity index (χ3v) is 3.52. The molecule has 19 heavy (non-hydrogen) atoms. The first-order valence-electron chi connectivity index (χ1n) is 6.82. The molecule has 1 atom stereocenters. The van der Waals surface area contributed by atoms with Crippen LogP contribution in [0.3, 0.4) is 0 Å². The van der Waals surface area contributed by atoms with E-state index in [1.165, 1.54) is 0 Å². The SMILES string of the molecule is CC(CCC(C)(C)C(C(=O)O)C(=O)O)CC(C)(C)C. The van der Waals surface area contributed by atoms with E-state index in [9.17, 15) is 9.59 Å². The fourth-order valence-corrected chi connectivity index (χ4v) is 2.68. The lowest BCUT2D eigenvalue weighted by atomic mass is 9.73. The molecule has 0 saturated carbocycles. The highest BCUT2D eigenvalue weighted by Gasteiger charge is 2.41. The molecule has 0 aromatic rings. The molecule has 0 aliphatic rings. The van der Waals surface area contributed by atoms with Gasteiger partial charge in [-0.2, -0.15) is 0 Å². The van der Waals surface area contributed by atoms with E-state index in [1.807, 2.05) is 0 Å². The molecule has 0 saturated heterocycles. The van der Waals surface area contributed by atoms with Gasteiger partial charge >= 0.3 is 11.9 Å². The molecule has 0 fully saturated rings. The molecule has 0 rings (SSSR count). The van der Waals surface area contributed by atoms with Crippen molar-refractivity contribution < 1.29 is 19.8 Å². The predicted octanol–water partition coefficient (Wildman–Crippen LogP) is 3.65. The molecular weight excluding hydrogens is 244 g/mol. The minimum absolute atomic E-state index is 0.239. The van der Waals surface area contributed by atoms with Crippen LogP contribution < -0.4 is 0 Å². The maximum Gasteiger partial charge on any atom is 0.318 e. The van der Waals surface area contributed by atoms with E-state index in [1.54, 1.807) is 13.8 Å². The summed E-state index contributed by atoms with van der Waals surface area (Å²) in [4.78, 5) is 22.2. The van der Waals surface area contributed by atoms with Gasteiger partial charge in [0.25, 0.3) is 0 Å². The van der Waals surface area contributed by atoms with Gasteiger partial charge in [0.1, 0.15) is 0 Å². The van der Waals surface area contributed by atoms with Crippen LogP contribution in [0.5, 0.6) is 0 Å². The summed E-state index contributed by atoms with van der Waals surface area (Å²) in [5.74, 6) is -3.38. The van der Waals surface area contributed by atoms with E-state index in [4.69, 9.17) is 10.2 Å². The van der Waals surface area contributed by atoms with Gasteiger partial charge in [-0.15, -0.1) is 0 Å². The zero-order valence-electron chi connectivity index (χ0n) is 13.0. The van der Waals surface area contributed by atoms with Crippen LogP contribution in [0.4, 0.5) is 0 Å². The standard InChI is InChI=1S/C15H28O4/c1-10(9-14(2,3)4)7-8-15(5,6)11(12(16)17)13(18)19/h10-11H,7-9H2,1-6H3,(H,16,17)(H,18,19). The highest BCUT2D eigenvalue weighted by Crippen LogP contribution is 2.36. The number of carboxylic acid groups (broad SMARTS) is 2. The van der Waals surface area contributed by atoms with Crippen molar-refractivity contribution in [3.63, 3.8) is 0 Å². The quantitative estimate of drug-likeness (QED) is 0.694. The Balaban J connectivity index is 4.60. The number of aliphatic carboxylic acids is 2. The average molecular weight is 272 g/mol. The van der Waals surface area contributed by atoms with Gasteiger partial charge in [-0.05, 0) is 29.6 Å². The van der Waals surface area contributed by atoms with Crippen molar-refractivity contribution in [2.75, 3.05) is 0 Å². The molecule has 112 valence electrons.